The molecule has 9 heteroatoms. The highest BCUT2D eigenvalue weighted by molar-refractivity contribution is 7.91. The largest absolute Gasteiger partial charge is 0.494 e. The van der Waals surface area contributed by atoms with Crippen molar-refractivity contribution < 1.29 is 17.9 Å². The first-order valence-corrected chi connectivity index (χ1v) is 12.9. The van der Waals surface area contributed by atoms with Crippen LogP contribution in [0.2, 0.25) is 0 Å². The molecule has 4 rings (SSSR count). The molecule has 186 valence electrons. The van der Waals surface area contributed by atoms with Gasteiger partial charge in [0, 0.05) is 17.6 Å². The number of aromatic nitrogens is 2. The van der Waals surface area contributed by atoms with Crippen LogP contribution in [0.4, 0.5) is 5.69 Å². The quantitative estimate of drug-likeness (QED) is 0.404. The molecule has 0 atom stereocenters. The van der Waals surface area contributed by atoms with Crippen LogP contribution in [0.15, 0.2) is 75.4 Å². The van der Waals surface area contributed by atoms with Gasteiger partial charge in [0.1, 0.15) is 22.8 Å². The van der Waals surface area contributed by atoms with Crippen LogP contribution >= 0.6 is 0 Å². The fourth-order valence-electron chi connectivity index (χ4n) is 3.81. The molecule has 0 spiro atoms. The molecule has 0 saturated carbocycles. The van der Waals surface area contributed by atoms with Crippen LogP contribution in [-0.4, -0.2) is 30.5 Å². The lowest BCUT2D eigenvalue weighted by atomic mass is 10.1. The van der Waals surface area contributed by atoms with Crippen molar-refractivity contribution in [2.24, 2.45) is 0 Å². The van der Waals surface area contributed by atoms with Gasteiger partial charge in [-0.25, -0.2) is 13.4 Å². The smallest absolute Gasteiger partial charge is 0.244 e. The third-order valence-electron chi connectivity index (χ3n) is 5.87. The lowest BCUT2D eigenvalue weighted by Gasteiger charge is -2.14. The Morgan fingerprint density at radius 2 is 1.72 bits per heavy atom. The second kappa shape index (κ2) is 9.94. The van der Waals surface area contributed by atoms with E-state index in [9.17, 15) is 18.0 Å². The summed E-state index contributed by atoms with van der Waals surface area (Å²) < 4.78 is 33.8. The van der Waals surface area contributed by atoms with Gasteiger partial charge in [0.2, 0.25) is 21.2 Å². The molecule has 0 aliphatic carbocycles. The molecule has 0 aliphatic rings. The molecular formula is C27H27N3O5S. The minimum absolute atomic E-state index is 0.0208. The minimum Gasteiger partial charge on any atom is -0.494 e. The number of aryl methyl sites for hydroxylation is 3. The highest BCUT2D eigenvalue weighted by Gasteiger charge is 2.25. The molecule has 0 radical (unpaired) electrons. The topological polar surface area (TPSA) is 107 Å². The van der Waals surface area contributed by atoms with Gasteiger partial charge in [-0.3, -0.25) is 9.59 Å². The first-order valence-electron chi connectivity index (χ1n) is 11.5. The Morgan fingerprint density at radius 1 is 1.00 bits per heavy atom. The third kappa shape index (κ3) is 5.01. The molecule has 36 heavy (non-hydrogen) atoms. The summed E-state index contributed by atoms with van der Waals surface area (Å²) in [6, 6.07) is 14.8. The Labute approximate surface area is 209 Å². The van der Waals surface area contributed by atoms with Gasteiger partial charge in [-0.15, -0.1) is 0 Å². The number of benzene rings is 2. The average Bonchev–Trinajstić information content (AvgIpc) is 2.83. The maximum Gasteiger partial charge on any atom is 0.244 e. The lowest BCUT2D eigenvalue weighted by Crippen LogP contribution is -2.24. The Morgan fingerprint density at radius 3 is 2.39 bits per heavy atom. The second-order valence-corrected chi connectivity index (χ2v) is 10.4. The van der Waals surface area contributed by atoms with Crippen molar-refractivity contribution in [2.45, 2.75) is 44.0 Å². The second-order valence-electron chi connectivity index (χ2n) is 8.53. The van der Waals surface area contributed by atoms with Gasteiger partial charge in [-0.1, -0.05) is 6.07 Å². The van der Waals surface area contributed by atoms with E-state index in [0.29, 0.717) is 23.7 Å². The number of pyridine rings is 2. The van der Waals surface area contributed by atoms with Crippen molar-refractivity contribution in [1.29, 1.82) is 0 Å². The maximum atomic E-state index is 13.5. The highest BCUT2D eigenvalue weighted by atomic mass is 32.2. The molecule has 8 nitrogen and oxygen atoms in total. The van der Waals surface area contributed by atoms with Crippen LogP contribution in [0, 0.1) is 20.8 Å². The monoisotopic (exact) mass is 505 g/mol. The number of sulfone groups is 1. The summed E-state index contributed by atoms with van der Waals surface area (Å²) in [5.74, 6) is 0.282. The standard InChI is InChI=1S/C27H27N3O5S/c1-5-35-21-10-8-20(9-11-21)29-25(31)16-30-15-24(26(32)23-13-7-19(4)28-27(23)30)36(33,34)22-12-6-17(2)18(3)14-22/h6-15H,5,16H2,1-4H3,(H,29,31). The number of anilines is 1. The molecule has 2 aromatic carbocycles. The summed E-state index contributed by atoms with van der Waals surface area (Å²) in [6.45, 7) is 7.63. The summed E-state index contributed by atoms with van der Waals surface area (Å²) in [6.07, 6.45) is 1.21. The van der Waals surface area contributed by atoms with Crippen molar-refractivity contribution in [1.82, 2.24) is 9.55 Å². The predicted octanol–water partition coefficient (Wildman–Crippen LogP) is 4.19. The first-order chi connectivity index (χ1) is 17.1. The number of carbonyl (C=O) groups excluding carboxylic acids is 1. The van der Waals surface area contributed by atoms with Crippen LogP contribution in [0.3, 0.4) is 0 Å². The summed E-state index contributed by atoms with van der Waals surface area (Å²) in [4.78, 5) is 30.2. The van der Waals surface area contributed by atoms with Gasteiger partial charge in [0.05, 0.1) is 16.9 Å². The Hall–Kier alpha value is -3.98. The molecule has 0 fully saturated rings. The summed E-state index contributed by atoms with van der Waals surface area (Å²) in [7, 11) is -4.14. The molecule has 4 aromatic rings. The zero-order chi connectivity index (χ0) is 26.0. The van der Waals surface area contributed by atoms with Crippen molar-refractivity contribution in [3.05, 3.63) is 87.8 Å². The number of ether oxygens (including phenoxy) is 1. The van der Waals surface area contributed by atoms with E-state index in [4.69, 9.17) is 4.74 Å². The van der Waals surface area contributed by atoms with Gasteiger partial charge in [-0.2, -0.15) is 0 Å². The average molecular weight is 506 g/mol. The van der Waals surface area contributed by atoms with Gasteiger partial charge >= 0.3 is 0 Å². The highest BCUT2D eigenvalue weighted by Crippen LogP contribution is 2.23. The SMILES string of the molecule is CCOc1ccc(NC(=O)Cn2cc(S(=O)(=O)c3ccc(C)c(C)c3)c(=O)c3ccc(C)nc32)cc1. The molecule has 2 aromatic heterocycles. The van der Waals surface area contributed by atoms with E-state index < -0.39 is 26.1 Å². The van der Waals surface area contributed by atoms with Gasteiger partial charge in [0.15, 0.2) is 0 Å². The molecule has 1 amide bonds. The van der Waals surface area contributed by atoms with Crippen LogP contribution in [0.5, 0.6) is 5.75 Å². The van der Waals surface area contributed by atoms with Crippen molar-refractivity contribution >= 4 is 32.5 Å². The number of amides is 1. The molecular weight excluding hydrogens is 478 g/mol. The van der Waals surface area contributed by atoms with E-state index >= 15 is 0 Å². The summed E-state index contributed by atoms with van der Waals surface area (Å²) in [5.41, 5.74) is 2.51. The van der Waals surface area contributed by atoms with E-state index in [1.54, 1.807) is 55.5 Å². The minimum atomic E-state index is -4.14. The number of fused-ring (bicyclic) bond motifs is 1. The Bertz CT molecular complexity index is 1620. The van der Waals surface area contributed by atoms with E-state index in [-0.39, 0.29) is 22.5 Å². The molecule has 0 bridgehead atoms. The number of nitrogens with zero attached hydrogens (tertiary/aromatic N) is 2. The number of hydrogen-bond acceptors (Lipinski definition) is 6. The molecule has 1 N–H and O–H groups in total. The van der Waals surface area contributed by atoms with Gasteiger partial charge < -0.3 is 14.6 Å². The molecule has 0 saturated heterocycles. The van der Waals surface area contributed by atoms with Crippen LogP contribution in [0.1, 0.15) is 23.7 Å². The van der Waals surface area contributed by atoms with Crippen molar-refractivity contribution in [3.63, 3.8) is 0 Å². The predicted molar refractivity (Wildman–Crippen MR) is 138 cm³/mol. The lowest BCUT2D eigenvalue weighted by molar-refractivity contribution is -0.116. The van der Waals surface area contributed by atoms with Crippen molar-refractivity contribution in [3.8, 4) is 5.75 Å². The van der Waals surface area contributed by atoms with E-state index in [1.807, 2.05) is 20.8 Å². The summed E-state index contributed by atoms with van der Waals surface area (Å²) >= 11 is 0. The number of hydrogen-bond donors (Lipinski definition) is 1. The number of nitrogens with one attached hydrogen (secondary N) is 1. The fraction of sp³-hybridized carbons (Fsp3) is 0.222. The Balaban J connectivity index is 1.76. The zero-order valence-corrected chi connectivity index (χ0v) is 21.3. The first kappa shape index (κ1) is 25.1. The number of carbonyl (C=O) groups is 1. The van der Waals surface area contributed by atoms with E-state index in [1.165, 1.54) is 16.8 Å². The van der Waals surface area contributed by atoms with Gasteiger partial charge in [0.25, 0.3) is 0 Å². The molecule has 0 aliphatic heterocycles. The molecule has 0 unspecified atom stereocenters. The van der Waals surface area contributed by atoms with Crippen LogP contribution in [0.25, 0.3) is 11.0 Å². The van der Waals surface area contributed by atoms with E-state index in [0.717, 1.165) is 11.1 Å². The molecule has 2 heterocycles. The maximum absolute atomic E-state index is 13.5. The normalized spacial score (nSPS) is 11.4. The summed E-state index contributed by atoms with van der Waals surface area (Å²) in [5, 5.41) is 2.91. The van der Waals surface area contributed by atoms with Crippen molar-refractivity contribution in [2.75, 3.05) is 11.9 Å². The fourth-order valence-corrected chi connectivity index (χ4v) is 5.26. The van der Waals surface area contributed by atoms with Gasteiger partial charge in [-0.05, 0) is 87.4 Å². The third-order valence-corrected chi connectivity index (χ3v) is 7.61. The van der Waals surface area contributed by atoms with Crippen LogP contribution in [-0.2, 0) is 21.2 Å². The zero-order valence-electron chi connectivity index (χ0n) is 20.5. The van der Waals surface area contributed by atoms with E-state index in [2.05, 4.69) is 10.3 Å². The Kier molecular flexibility index (Phi) is 6.94. The number of rotatable bonds is 7. The van der Waals surface area contributed by atoms with Crippen LogP contribution < -0.4 is 15.5 Å².